The number of alkyl halides is 3. The molecule has 3 N–H and O–H groups in total. The molecule has 4 heterocycles. The Morgan fingerprint density at radius 2 is 1.90 bits per heavy atom. The fraction of sp³-hybridized carbons (Fsp3) is 0.269. The van der Waals surface area contributed by atoms with E-state index in [2.05, 4.69) is 24.4 Å². The number of halogens is 4. The van der Waals surface area contributed by atoms with Crippen molar-refractivity contribution in [3.05, 3.63) is 60.4 Å². The van der Waals surface area contributed by atoms with E-state index in [-0.39, 0.29) is 11.4 Å². The number of nitrogen functional groups attached to an aromatic ring is 1. The molecule has 1 fully saturated rings. The molecular formula is C26H23F4N7OS2. The summed E-state index contributed by atoms with van der Waals surface area (Å²) in [6.45, 7) is 0. The Kier molecular flexibility index (Phi) is 6.71. The van der Waals surface area contributed by atoms with Crippen molar-refractivity contribution < 1.29 is 22.1 Å². The highest BCUT2D eigenvalue weighted by molar-refractivity contribution is 7.94. The standard InChI is InChI=1S/C26H23F4N7OS2/c1-36-21(26(28,29)30)11-19(34-36)20-8-9-22(39-20)40(38)35-18-7-6-14(10-17(18)27)16-12-37(15-4-2-3-5-15)25-23(16)24(31)32-13-33-25/h6-13,15,35H,2-5H2,1H3,(H2,31,32,33). The molecule has 8 nitrogen and oxygen atoms in total. The molecule has 0 saturated heterocycles. The number of hydrogen-bond acceptors (Lipinski definition) is 7. The van der Waals surface area contributed by atoms with Gasteiger partial charge in [0.25, 0.3) is 0 Å². The minimum atomic E-state index is -4.54. The normalized spacial score (nSPS) is 15.2. The van der Waals surface area contributed by atoms with Crippen LogP contribution in [0.3, 0.4) is 0 Å². The first kappa shape index (κ1) is 26.6. The van der Waals surface area contributed by atoms with Gasteiger partial charge in [-0.2, -0.15) is 23.0 Å². The second-order valence-electron chi connectivity index (χ2n) is 9.57. The summed E-state index contributed by atoms with van der Waals surface area (Å²) in [7, 11) is 1.21. The largest absolute Gasteiger partial charge is 0.587 e. The maximum absolute atomic E-state index is 15.3. The number of anilines is 2. The molecule has 0 spiro atoms. The van der Waals surface area contributed by atoms with E-state index in [1.54, 1.807) is 6.07 Å². The van der Waals surface area contributed by atoms with Crippen molar-refractivity contribution in [2.45, 2.75) is 42.1 Å². The SMILES string of the molecule is Cn1nc(-c2ccc([S+]([O-])Nc3ccc(-c4cn(C5CCCC5)c5ncnc(N)c45)cc3F)s2)cc1C(F)(F)F. The van der Waals surface area contributed by atoms with Crippen molar-refractivity contribution in [3.63, 3.8) is 0 Å². The van der Waals surface area contributed by atoms with Gasteiger partial charge >= 0.3 is 6.18 Å². The van der Waals surface area contributed by atoms with E-state index >= 15 is 4.39 Å². The zero-order valence-corrected chi connectivity index (χ0v) is 22.7. The van der Waals surface area contributed by atoms with Crippen molar-refractivity contribution >= 4 is 45.2 Å². The van der Waals surface area contributed by atoms with Crippen molar-refractivity contribution in [2.75, 3.05) is 10.5 Å². The lowest BCUT2D eigenvalue weighted by Gasteiger charge is -2.12. The number of benzene rings is 1. The van der Waals surface area contributed by atoms with Gasteiger partial charge in [-0.3, -0.25) is 4.68 Å². The number of hydrogen-bond donors (Lipinski definition) is 2. The maximum atomic E-state index is 15.3. The summed E-state index contributed by atoms with van der Waals surface area (Å²) in [5, 5.41) is 4.58. The van der Waals surface area contributed by atoms with E-state index in [4.69, 9.17) is 5.73 Å². The summed E-state index contributed by atoms with van der Waals surface area (Å²) >= 11 is -0.850. The van der Waals surface area contributed by atoms with Crippen molar-refractivity contribution in [2.24, 2.45) is 7.05 Å². The predicted octanol–water partition coefficient (Wildman–Crippen LogP) is 6.55. The first-order valence-corrected chi connectivity index (χ1v) is 14.4. The highest BCUT2D eigenvalue weighted by Gasteiger charge is 2.35. The minimum absolute atomic E-state index is 0.0120. The molecule has 1 aromatic carbocycles. The molecule has 40 heavy (non-hydrogen) atoms. The summed E-state index contributed by atoms with van der Waals surface area (Å²) < 4.78 is 73.4. The molecule has 1 aliphatic carbocycles. The van der Waals surface area contributed by atoms with Crippen LogP contribution in [-0.4, -0.2) is 28.9 Å². The van der Waals surface area contributed by atoms with Crippen LogP contribution in [0.25, 0.3) is 32.7 Å². The molecule has 1 unspecified atom stereocenters. The molecule has 5 aromatic rings. The van der Waals surface area contributed by atoms with Crippen LogP contribution in [-0.2, 0) is 24.6 Å². The number of thiophene rings is 1. The van der Waals surface area contributed by atoms with E-state index in [0.29, 0.717) is 43.1 Å². The van der Waals surface area contributed by atoms with Crippen LogP contribution in [0, 0.1) is 5.82 Å². The van der Waals surface area contributed by atoms with Crippen LogP contribution in [0.1, 0.15) is 37.4 Å². The molecule has 1 aliphatic rings. The van der Waals surface area contributed by atoms with Gasteiger partial charge in [-0.25, -0.2) is 14.4 Å². The van der Waals surface area contributed by atoms with E-state index in [1.165, 1.54) is 37.6 Å². The number of nitrogens with two attached hydrogens (primary N) is 1. The molecule has 0 amide bonds. The van der Waals surface area contributed by atoms with Gasteiger partial charge in [-0.1, -0.05) is 30.2 Å². The monoisotopic (exact) mass is 589 g/mol. The van der Waals surface area contributed by atoms with Crippen LogP contribution in [0.15, 0.2) is 53.1 Å². The lowest BCUT2D eigenvalue weighted by Crippen LogP contribution is -2.12. The second kappa shape index (κ2) is 10.1. The van der Waals surface area contributed by atoms with Crippen LogP contribution in [0.5, 0.6) is 0 Å². The maximum Gasteiger partial charge on any atom is 0.433 e. The van der Waals surface area contributed by atoms with Crippen LogP contribution in [0.2, 0.25) is 0 Å². The predicted molar refractivity (Wildman–Crippen MR) is 146 cm³/mol. The van der Waals surface area contributed by atoms with Crippen molar-refractivity contribution in [1.29, 1.82) is 0 Å². The molecule has 14 heteroatoms. The molecule has 6 rings (SSSR count). The quantitative estimate of drug-likeness (QED) is 0.172. The smallest absolute Gasteiger partial charge is 0.433 e. The van der Waals surface area contributed by atoms with Gasteiger partial charge in [0, 0.05) is 30.9 Å². The van der Waals surface area contributed by atoms with Gasteiger partial charge in [0.1, 0.15) is 46.2 Å². The number of nitrogens with zero attached hydrogens (tertiary/aromatic N) is 5. The molecule has 0 bridgehead atoms. The van der Waals surface area contributed by atoms with Gasteiger partial charge in [-0.15, -0.1) is 0 Å². The fourth-order valence-electron chi connectivity index (χ4n) is 5.11. The Morgan fingerprint density at radius 3 is 2.60 bits per heavy atom. The fourth-order valence-corrected chi connectivity index (χ4v) is 7.16. The number of aryl methyl sites for hydroxylation is 1. The Morgan fingerprint density at radius 1 is 1.12 bits per heavy atom. The second-order valence-corrected chi connectivity index (χ2v) is 12.1. The third-order valence-corrected chi connectivity index (χ3v) is 9.54. The molecule has 1 saturated carbocycles. The van der Waals surface area contributed by atoms with Gasteiger partial charge < -0.3 is 14.9 Å². The summed E-state index contributed by atoms with van der Waals surface area (Å²) in [6, 6.07) is 8.81. The molecule has 208 valence electrons. The Bertz CT molecular complexity index is 1710. The lowest BCUT2D eigenvalue weighted by atomic mass is 10.1. The molecule has 0 radical (unpaired) electrons. The van der Waals surface area contributed by atoms with E-state index < -0.39 is 29.0 Å². The average Bonchev–Trinajstić information content (AvgIpc) is 3.70. The molecule has 0 aliphatic heterocycles. The Hall–Kier alpha value is -3.62. The summed E-state index contributed by atoms with van der Waals surface area (Å²) in [4.78, 5) is 9.00. The highest BCUT2D eigenvalue weighted by atomic mass is 32.2. The molecule has 4 aromatic heterocycles. The number of fused-ring (bicyclic) bond motifs is 1. The Balaban J connectivity index is 1.25. The number of aromatic nitrogens is 5. The van der Waals surface area contributed by atoms with E-state index in [1.807, 2.05) is 6.20 Å². The topological polar surface area (TPSA) is 110 Å². The minimum Gasteiger partial charge on any atom is -0.587 e. The Labute approximate surface area is 233 Å². The third-order valence-electron chi connectivity index (χ3n) is 7.03. The van der Waals surface area contributed by atoms with Gasteiger partial charge in [-0.05, 0) is 42.7 Å². The summed E-state index contributed by atoms with van der Waals surface area (Å²) in [6.07, 6.45) is 3.16. The highest BCUT2D eigenvalue weighted by Crippen LogP contribution is 2.40. The van der Waals surface area contributed by atoms with Crippen LogP contribution >= 0.6 is 11.3 Å². The van der Waals surface area contributed by atoms with E-state index in [0.717, 1.165) is 47.8 Å². The van der Waals surface area contributed by atoms with E-state index in [9.17, 15) is 17.7 Å². The number of nitrogens with one attached hydrogen (secondary N) is 1. The van der Waals surface area contributed by atoms with Gasteiger partial charge in [0.2, 0.25) is 4.21 Å². The van der Waals surface area contributed by atoms with Crippen LogP contribution < -0.4 is 10.5 Å². The summed E-state index contributed by atoms with van der Waals surface area (Å²) in [5.74, 6) is -0.316. The first-order chi connectivity index (χ1) is 19.1. The van der Waals surface area contributed by atoms with Crippen molar-refractivity contribution in [1.82, 2.24) is 24.3 Å². The average molecular weight is 590 g/mol. The number of rotatable bonds is 6. The zero-order chi connectivity index (χ0) is 28.2. The van der Waals surface area contributed by atoms with Gasteiger partial charge in [0.15, 0.2) is 5.82 Å². The molecule has 1 atom stereocenters. The third kappa shape index (κ3) is 4.80. The van der Waals surface area contributed by atoms with Crippen LogP contribution in [0.4, 0.5) is 29.1 Å². The van der Waals surface area contributed by atoms with Gasteiger partial charge in [0.05, 0.1) is 10.3 Å². The van der Waals surface area contributed by atoms with Crippen molar-refractivity contribution in [3.8, 4) is 21.7 Å². The molecular weight excluding hydrogens is 566 g/mol. The first-order valence-electron chi connectivity index (χ1n) is 12.4. The summed E-state index contributed by atoms with van der Waals surface area (Å²) in [5.41, 5.74) is 7.44. The zero-order valence-electron chi connectivity index (χ0n) is 21.1. The lowest BCUT2D eigenvalue weighted by molar-refractivity contribution is -0.143.